The lowest BCUT2D eigenvalue weighted by Crippen LogP contribution is -2.01. The number of hydrogen-bond donors (Lipinski definition) is 0. The largest absolute Gasteiger partial charge is 0.0807 e. The lowest BCUT2D eigenvalue weighted by Gasteiger charge is -2.16. The number of rotatable bonds is 4. The first-order chi connectivity index (χ1) is 7.90. The van der Waals surface area contributed by atoms with E-state index in [-0.39, 0.29) is 0 Å². The van der Waals surface area contributed by atoms with Crippen molar-refractivity contribution in [2.24, 2.45) is 5.92 Å². The van der Waals surface area contributed by atoms with Gasteiger partial charge in [0.05, 0.1) is 0 Å². The number of unbranched alkanes of at least 4 members (excludes halogenated alkanes) is 1. The van der Waals surface area contributed by atoms with Gasteiger partial charge in [0.15, 0.2) is 0 Å². The maximum atomic E-state index is 2.37. The summed E-state index contributed by atoms with van der Waals surface area (Å²) in [4.78, 5) is 0. The van der Waals surface area contributed by atoms with Gasteiger partial charge < -0.3 is 0 Å². The van der Waals surface area contributed by atoms with Crippen LogP contribution in [0.1, 0.15) is 37.7 Å². The van der Waals surface area contributed by atoms with E-state index in [1.54, 1.807) is 0 Å². The highest BCUT2D eigenvalue weighted by Gasteiger charge is 2.10. The zero-order valence-corrected chi connectivity index (χ0v) is 9.97. The molecule has 2 rings (SSSR count). The first-order valence-corrected chi connectivity index (χ1v) is 6.31. The summed E-state index contributed by atoms with van der Waals surface area (Å²) in [5.41, 5.74) is 1.39. The summed E-state index contributed by atoms with van der Waals surface area (Å²) in [6.07, 6.45) is 13.3. The molecule has 16 heavy (non-hydrogen) atoms. The summed E-state index contributed by atoms with van der Waals surface area (Å²) in [5.74, 6) is 1.15. The van der Waals surface area contributed by atoms with Crippen LogP contribution in [0.25, 0.3) is 0 Å². The zero-order chi connectivity index (χ0) is 11.2. The van der Waals surface area contributed by atoms with Gasteiger partial charge in [0.1, 0.15) is 0 Å². The van der Waals surface area contributed by atoms with E-state index in [0.717, 1.165) is 0 Å². The Morgan fingerprint density at radius 1 is 0.938 bits per heavy atom. The van der Waals surface area contributed by atoms with Gasteiger partial charge in [-0.25, -0.2) is 0 Å². The summed E-state index contributed by atoms with van der Waals surface area (Å²) >= 11 is 0. The van der Waals surface area contributed by atoms with Crippen LogP contribution in [0.2, 0.25) is 0 Å². The van der Waals surface area contributed by atoms with Crippen LogP contribution in [0.3, 0.4) is 0 Å². The van der Waals surface area contributed by atoms with Gasteiger partial charge in [-0.3, -0.25) is 0 Å². The van der Waals surface area contributed by atoms with Crippen molar-refractivity contribution in [2.45, 2.75) is 32.1 Å². The molecular weight excluding hydrogens is 192 g/mol. The molecule has 0 saturated carbocycles. The van der Waals surface area contributed by atoms with Gasteiger partial charge in [0.2, 0.25) is 0 Å². The van der Waals surface area contributed by atoms with Crippen LogP contribution in [0.15, 0.2) is 54.6 Å². The molecule has 0 bridgehead atoms. The zero-order valence-electron chi connectivity index (χ0n) is 9.97. The molecule has 0 aromatic heterocycles. The topological polar surface area (TPSA) is 0 Å². The van der Waals surface area contributed by atoms with E-state index in [9.17, 15) is 0 Å². The summed E-state index contributed by atoms with van der Waals surface area (Å²) in [6, 6.07) is 10.7. The molecule has 0 saturated heterocycles. The molecule has 1 aliphatic rings. The van der Waals surface area contributed by atoms with Crippen molar-refractivity contribution >= 4 is 0 Å². The van der Waals surface area contributed by atoms with Crippen LogP contribution >= 0.6 is 0 Å². The number of hydrogen-bond acceptors (Lipinski definition) is 0. The van der Waals surface area contributed by atoms with E-state index >= 15 is 0 Å². The number of benzene rings is 1. The Morgan fingerprint density at radius 3 is 2.25 bits per heavy atom. The van der Waals surface area contributed by atoms with E-state index < -0.39 is 0 Å². The van der Waals surface area contributed by atoms with Crippen molar-refractivity contribution in [1.29, 1.82) is 0 Å². The Balaban J connectivity index is 1.96. The third-order valence-electron chi connectivity index (χ3n) is 3.21. The third-order valence-corrected chi connectivity index (χ3v) is 3.21. The third kappa shape index (κ3) is 2.85. The summed E-state index contributed by atoms with van der Waals surface area (Å²) in [7, 11) is 0. The minimum absolute atomic E-state index is 0.485. The van der Waals surface area contributed by atoms with E-state index in [1.807, 2.05) is 0 Å². The van der Waals surface area contributed by atoms with Crippen LogP contribution in [0.4, 0.5) is 0 Å². The second-order valence-corrected chi connectivity index (χ2v) is 4.51. The molecule has 0 heterocycles. The highest BCUT2D eigenvalue weighted by Crippen LogP contribution is 2.26. The van der Waals surface area contributed by atoms with E-state index in [4.69, 9.17) is 0 Å². The second kappa shape index (κ2) is 5.69. The van der Waals surface area contributed by atoms with Gasteiger partial charge in [-0.1, -0.05) is 74.4 Å². The number of allylic oxidation sites excluding steroid dienone is 4. The van der Waals surface area contributed by atoms with E-state index in [1.165, 1.54) is 24.8 Å². The first-order valence-electron chi connectivity index (χ1n) is 6.31. The van der Waals surface area contributed by atoms with E-state index in [0.29, 0.717) is 11.8 Å². The van der Waals surface area contributed by atoms with Gasteiger partial charge in [0.25, 0.3) is 0 Å². The molecule has 1 aliphatic carbocycles. The summed E-state index contributed by atoms with van der Waals surface area (Å²) < 4.78 is 0. The molecule has 0 aliphatic heterocycles. The normalized spacial score (nSPS) is 23.6. The maximum Gasteiger partial charge on any atom is 0.0199 e. The van der Waals surface area contributed by atoms with Crippen molar-refractivity contribution in [2.75, 3.05) is 0 Å². The molecule has 1 aromatic carbocycles. The van der Waals surface area contributed by atoms with Gasteiger partial charge >= 0.3 is 0 Å². The molecule has 0 N–H and O–H groups in total. The minimum atomic E-state index is 0.485. The fourth-order valence-electron chi connectivity index (χ4n) is 2.18. The van der Waals surface area contributed by atoms with Gasteiger partial charge in [-0.15, -0.1) is 0 Å². The molecular formula is C16H20. The van der Waals surface area contributed by atoms with E-state index in [2.05, 4.69) is 61.6 Å². The SMILES string of the molecule is CCCCC1C=CC(c2ccccc2)C=C1. The second-order valence-electron chi connectivity index (χ2n) is 4.51. The van der Waals surface area contributed by atoms with Crippen LogP contribution < -0.4 is 0 Å². The quantitative estimate of drug-likeness (QED) is 0.634. The van der Waals surface area contributed by atoms with Gasteiger partial charge in [-0.05, 0) is 17.9 Å². The molecule has 1 aromatic rings. The van der Waals surface area contributed by atoms with Crippen molar-refractivity contribution in [3.63, 3.8) is 0 Å². The fourth-order valence-corrected chi connectivity index (χ4v) is 2.18. The van der Waals surface area contributed by atoms with Crippen molar-refractivity contribution in [3.05, 3.63) is 60.2 Å². The molecule has 84 valence electrons. The molecule has 0 heteroatoms. The molecule has 0 amide bonds. The lowest BCUT2D eigenvalue weighted by atomic mass is 9.89. The monoisotopic (exact) mass is 212 g/mol. The Morgan fingerprint density at radius 2 is 1.62 bits per heavy atom. The molecule has 0 fully saturated rings. The smallest absolute Gasteiger partial charge is 0.0199 e. The van der Waals surface area contributed by atoms with Crippen LogP contribution in [-0.2, 0) is 0 Å². The molecule has 0 nitrogen and oxygen atoms in total. The van der Waals surface area contributed by atoms with Crippen LogP contribution in [0.5, 0.6) is 0 Å². The van der Waals surface area contributed by atoms with Crippen molar-refractivity contribution in [3.8, 4) is 0 Å². The van der Waals surface area contributed by atoms with Crippen molar-refractivity contribution in [1.82, 2.24) is 0 Å². The first kappa shape index (κ1) is 11.2. The Bertz CT molecular complexity index is 345. The predicted octanol–water partition coefficient (Wildman–Crippen LogP) is 4.70. The molecule has 0 unspecified atom stereocenters. The molecule has 0 radical (unpaired) electrons. The Kier molecular flexibility index (Phi) is 3.98. The average molecular weight is 212 g/mol. The summed E-state index contributed by atoms with van der Waals surface area (Å²) in [6.45, 7) is 2.25. The fraction of sp³-hybridized carbons (Fsp3) is 0.375. The van der Waals surface area contributed by atoms with Gasteiger partial charge in [-0.2, -0.15) is 0 Å². The van der Waals surface area contributed by atoms with Crippen molar-refractivity contribution < 1.29 is 0 Å². The predicted molar refractivity (Wildman–Crippen MR) is 70.5 cm³/mol. The molecule has 0 spiro atoms. The minimum Gasteiger partial charge on any atom is -0.0807 e. The standard InChI is InChI=1S/C16H20/c1-2-3-7-14-10-12-16(13-11-14)15-8-5-4-6-9-15/h4-6,8-14,16H,2-3,7H2,1H3. The Hall–Kier alpha value is -1.30. The van der Waals surface area contributed by atoms with Gasteiger partial charge in [0, 0.05) is 5.92 Å². The average Bonchev–Trinajstić information content (AvgIpc) is 2.38. The maximum absolute atomic E-state index is 2.37. The Labute approximate surface area is 98.7 Å². The highest BCUT2D eigenvalue weighted by molar-refractivity contribution is 5.31. The van der Waals surface area contributed by atoms with Crippen LogP contribution in [-0.4, -0.2) is 0 Å². The van der Waals surface area contributed by atoms with Crippen LogP contribution in [0, 0.1) is 5.92 Å². The summed E-state index contributed by atoms with van der Waals surface area (Å²) in [5, 5.41) is 0. The highest BCUT2D eigenvalue weighted by atomic mass is 14.1. The molecule has 0 atom stereocenters. The lowest BCUT2D eigenvalue weighted by molar-refractivity contribution is 0.633.